The molecule has 0 aromatic heterocycles. The molecule has 0 amide bonds. The molecule has 1 spiro atoms. The van der Waals surface area contributed by atoms with Gasteiger partial charge in [0.25, 0.3) is 0 Å². The third-order valence-electron chi connectivity index (χ3n) is 4.26. The molecule has 2 aliphatic rings. The van der Waals surface area contributed by atoms with E-state index in [1.54, 1.807) is 0 Å². The maximum atomic E-state index is 6.05. The molecule has 2 fully saturated rings. The fourth-order valence-electron chi connectivity index (χ4n) is 2.99. The lowest BCUT2D eigenvalue weighted by molar-refractivity contribution is -0.119. The van der Waals surface area contributed by atoms with Crippen molar-refractivity contribution in [2.24, 2.45) is 5.92 Å². The third-order valence-corrected chi connectivity index (χ3v) is 4.26. The molecule has 1 aliphatic heterocycles. The summed E-state index contributed by atoms with van der Waals surface area (Å²) in [6, 6.07) is 0.550. The summed E-state index contributed by atoms with van der Waals surface area (Å²) in [6.07, 6.45) is 6.60. The van der Waals surface area contributed by atoms with Crippen molar-refractivity contribution >= 4 is 0 Å². The number of hydrogen-bond donors (Lipinski definition) is 1. The van der Waals surface area contributed by atoms with Crippen LogP contribution in [0.3, 0.4) is 0 Å². The average Bonchev–Trinajstić information content (AvgIpc) is 2.24. The first kappa shape index (κ1) is 10.4. The molecular formula is C12H23NO. The van der Waals surface area contributed by atoms with Crippen molar-refractivity contribution in [1.82, 2.24) is 5.32 Å². The molecule has 0 radical (unpaired) electrons. The van der Waals surface area contributed by atoms with Crippen LogP contribution in [-0.4, -0.2) is 24.8 Å². The predicted molar refractivity (Wildman–Crippen MR) is 58.4 cm³/mol. The van der Waals surface area contributed by atoms with Crippen molar-refractivity contribution in [2.75, 3.05) is 13.2 Å². The minimum atomic E-state index is 0.184. The first-order chi connectivity index (χ1) is 6.77. The van der Waals surface area contributed by atoms with Crippen molar-refractivity contribution in [2.45, 2.75) is 57.6 Å². The second-order valence-electron chi connectivity index (χ2n) is 4.94. The molecule has 14 heavy (non-hydrogen) atoms. The number of rotatable bonds is 1. The van der Waals surface area contributed by atoms with Crippen LogP contribution in [0.5, 0.6) is 0 Å². The normalized spacial score (nSPS) is 44.1. The Hall–Kier alpha value is -0.0800. The van der Waals surface area contributed by atoms with E-state index in [4.69, 9.17) is 4.74 Å². The van der Waals surface area contributed by atoms with Gasteiger partial charge in [-0.1, -0.05) is 13.3 Å². The summed E-state index contributed by atoms with van der Waals surface area (Å²) in [5, 5.41) is 3.55. The Balaban J connectivity index is 1.96. The summed E-state index contributed by atoms with van der Waals surface area (Å²) in [7, 11) is 0. The highest BCUT2D eigenvalue weighted by molar-refractivity contribution is 4.96. The topological polar surface area (TPSA) is 21.3 Å². The predicted octanol–water partition coefficient (Wildman–Crippen LogP) is 2.33. The quantitative estimate of drug-likeness (QED) is 0.696. The molecule has 1 saturated carbocycles. The Morgan fingerprint density at radius 3 is 2.64 bits per heavy atom. The van der Waals surface area contributed by atoms with E-state index >= 15 is 0 Å². The smallest absolute Gasteiger partial charge is 0.0832 e. The Kier molecular flexibility index (Phi) is 3.13. The second kappa shape index (κ2) is 4.19. The number of morpholine rings is 1. The fraction of sp³-hybridized carbons (Fsp3) is 1.00. The Morgan fingerprint density at radius 1 is 1.36 bits per heavy atom. The van der Waals surface area contributed by atoms with Crippen molar-refractivity contribution < 1.29 is 4.74 Å². The van der Waals surface area contributed by atoms with Crippen molar-refractivity contribution in [1.29, 1.82) is 0 Å². The molecule has 0 aromatic rings. The summed E-state index contributed by atoms with van der Waals surface area (Å²) in [6.45, 7) is 6.53. The first-order valence-corrected chi connectivity index (χ1v) is 6.14. The number of hydrogen-bond acceptors (Lipinski definition) is 2. The van der Waals surface area contributed by atoms with Gasteiger partial charge >= 0.3 is 0 Å². The minimum Gasteiger partial charge on any atom is -0.372 e. The van der Waals surface area contributed by atoms with E-state index in [1.165, 1.54) is 32.1 Å². The summed E-state index contributed by atoms with van der Waals surface area (Å²) >= 11 is 0. The highest BCUT2D eigenvalue weighted by atomic mass is 16.5. The highest BCUT2D eigenvalue weighted by Crippen LogP contribution is 2.39. The molecule has 2 nitrogen and oxygen atoms in total. The molecule has 1 saturated heterocycles. The van der Waals surface area contributed by atoms with Crippen LogP contribution >= 0.6 is 0 Å². The molecule has 82 valence electrons. The number of nitrogens with one attached hydrogen (secondary N) is 1. The zero-order chi connectivity index (χ0) is 10.0. The zero-order valence-electron chi connectivity index (χ0n) is 9.51. The van der Waals surface area contributed by atoms with Gasteiger partial charge < -0.3 is 10.1 Å². The SMILES string of the molecule is CCC1CCC2(CC1)OCCNC2C. The van der Waals surface area contributed by atoms with Crippen LogP contribution in [0.1, 0.15) is 46.0 Å². The van der Waals surface area contributed by atoms with Crippen molar-refractivity contribution in [3.63, 3.8) is 0 Å². The van der Waals surface area contributed by atoms with E-state index in [0.29, 0.717) is 6.04 Å². The Labute approximate surface area is 87.4 Å². The van der Waals surface area contributed by atoms with Crippen LogP contribution in [0.4, 0.5) is 0 Å². The van der Waals surface area contributed by atoms with E-state index in [-0.39, 0.29) is 5.60 Å². The van der Waals surface area contributed by atoms with Gasteiger partial charge in [-0.3, -0.25) is 0 Å². The average molecular weight is 197 g/mol. The molecule has 0 bridgehead atoms. The van der Waals surface area contributed by atoms with Crippen LogP contribution in [-0.2, 0) is 4.74 Å². The van der Waals surface area contributed by atoms with E-state index in [0.717, 1.165) is 19.1 Å². The lowest BCUT2D eigenvalue weighted by Crippen LogP contribution is -2.57. The molecule has 2 heteroatoms. The van der Waals surface area contributed by atoms with Crippen molar-refractivity contribution in [3.8, 4) is 0 Å². The summed E-state index contributed by atoms with van der Waals surface area (Å²) < 4.78 is 6.05. The number of ether oxygens (including phenoxy) is 1. The largest absolute Gasteiger partial charge is 0.372 e. The molecule has 1 N–H and O–H groups in total. The standard InChI is InChI=1S/C12H23NO/c1-3-11-4-6-12(7-5-11)10(2)13-8-9-14-12/h10-11,13H,3-9H2,1-2H3. The van der Waals surface area contributed by atoms with Gasteiger partial charge in [-0.2, -0.15) is 0 Å². The van der Waals surface area contributed by atoms with E-state index in [1.807, 2.05) is 0 Å². The molecule has 2 rings (SSSR count). The molecular weight excluding hydrogens is 174 g/mol. The van der Waals surface area contributed by atoms with Crippen LogP contribution in [0.25, 0.3) is 0 Å². The van der Waals surface area contributed by atoms with E-state index in [2.05, 4.69) is 19.2 Å². The van der Waals surface area contributed by atoms with Gasteiger partial charge in [0.2, 0.25) is 0 Å². The van der Waals surface area contributed by atoms with Crippen molar-refractivity contribution in [3.05, 3.63) is 0 Å². The van der Waals surface area contributed by atoms with Crippen LogP contribution in [0.15, 0.2) is 0 Å². The second-order valence-corrected chi connectivity index (χ2v) is 4.94. The van der Waals surface area contributed by atoms with Gasteiger partial charge in [-0.25, -0.2) is 0 Å². The maximum absolute atomic E-state index is 6.05. The summed E-state index contributed by atoms with van der Waals surface area (Å²) in [5.41, 5.74) is 0.184. The van der Waals surface area contributed by atoms with Gasteiger partial charge in [-0.05, 0) is 38.5 Å². The third kappa shape index (κ3) is 1.82. The van der Waals surface area contributed by atoms with Gasteiger partial charge in [0, 0.05) is 12.6 Å². The molecule has 1 heterocycles. The van der Waals surface area contributed by atoms with Crippen LogP contribution < -0.4 is 5.32 Å². The van der Waals surface area contributed by atoms with Gasteiger partial charge in [-0.15, -0.1) is 0 Å². The van der Waals surface area contributed by atoms with Gasteiger partial charge in [0.05, 0.1) is 12.2 Å². The first-order valence-electron chi connectivity index (χ1n) is 6.14. The van der Waals surface area contributed by atoms with E-state index in [9.17, 15) is 0 Å². The molecule has 1 aliphatic carbocycles. The lowest BCUT2D eigenvalue weighted by Gasteiger charge is -2.47. The summed E-state index contributed by atoms with van der Waals surface area (Å²) in [5.74, 6) is 0.957. The molecule has 1 atom stereocenters. The lowest BCUT2D eigenvalue weighted by atomic mass is 9.74. The van der Waals surface area contributed by atoms with Crippen LogP contribution in [0.2, 0.25) is 0 Å². The van der Waals surface area contributed by atoms with Gasteiger partial charge in [0.1, 0.15) is 0 Å². The fourth-order valence-corrected chi connectivity index (χ4v) is 2.99. The maximum Gasteiger partial charge on any atom is 0.0832 e. The molecule has 1 unspecified atom stereocenters. The minimum absolute atomic E-state index is 0.184. The van der Waals surface area contributed by atoms with Gasteiger partial charge in [0.15, 0.2) is 0 Å². The highest BCUT2D eigenvalue weighted by Gasteiger charge is 2.41. The zero-order valence-corrected chi connectivity index (χ0v) is 9.51. The Bertz CT molecular complexity index is 185. The van der Waals surface area contributed by atoms with Crippen LogP contribution in [0, 0.1) is 5.92 Å². The Morgan fingerprint density at radius 2 is 2.07 bits per heavy atom. The molecule has 0 aromatic carbocycles. The monoisotopic (exact) mass is 197 g/mol. The van der Waals surface area contributed by atoms with E-state index < -0.39 is 0 Å². The summed E-state index contributed by atoms with van der Waals surface area (Å²) in [4.78, 5) is 0.